The lowest BCUT2D eigenvalue weighted by molar-refractivity contribution is 0.149. The molecule has 0 spiro atoms. The Kier molecular flexibility index (Phi) is 7.16. The molecule has 0 fully saturated rings. The molecule has 0 amide bonds. The van der Waals surface area contributed by atoms with E-state index in [9.17, 15) is 0 Å². The van der Waals surface area contributed by atoms with E-state index in [1.165, 1.54) is 0 Å². The molecule has 2 aromatic rings. The maximum Gasteiger partial charge on any atom is 0.124 e. The molecule has 4 nitrogen and oxygen atoms in total. The van der Waals surface area contributed by atoms with Crippen molar-refractivity contribution in [3.63, 3.8) is 0 Å². The summed E-state index contributed by atoms with van der Waals surface area (Å²) < 4.78 is 11.2. The third-order valence-corrected chi connectivity index (χ3v) is 3.32. The lowest BCUT2D eigenvalue weighted by Gasteiger charge is -2.13. The molecule has 1 heterocycles. The molecule has 0 bridgehead atoms. The Morgan fingerprint density at radius 3 is 2.95 bits per heavy atom. The summed E-state index contributed by atoms with van der Waals surface area (Å²) in [6.07, 6.45) is 3.55. The smallest absolute Gasteiger partial charge is 0.124 e. The monoisotopic (exact) mass is 320 g/mol. The van der Waals surface area contributed by atoms with E-state index in [-0.39, 0.29) is 0 Å². The maximum atomic E-state index is 6.08. The molecule has 1 aromatic heterocycles. The van der Waals surface area contributed by atoms with E-state index in [4.69, 9.17) is 21.1 Å². The molecule has 0 saturated carbocycles. The van der Waals surface area contributed by atoms with Crippen molar-refractivity contribution in [3.05, 3.63) is 58.9 Å². The average Bonchev–Trinajstić information content (AvgIpc) is 2.55. The molecular weight excluding hydrogens is 300 g/mol. The highest BCUT2D eigenvalue weighted by atomic mass is 35.5. The summed E-state index contributed by atoms with van der Waals surface area (Å²) in [5.74, 6) is 0.831. The van der Waals surface area contributed by atoms with Gasteiger partial charge in [0.2, 0.25) is 0 Å². The van der Waals surface area contributed by atoms with Crippen molar-refractivity contribution in [1.29, 1.82) is 0 Å². The zero-order chi connectivity index (χ0) is 15.6. The van der Waals surface area contributed by atoms with Gasteiger partial charge in [0.15, 0.2) is 0 Å². The van der Waals surface area contributed by atoms with Crippen LogP contribution < -0.4 is 10.1 Å². The summed E-state index contributed by atoms with van der Waals surface area (Å²) >= 11 is 6.08. The first-order chi connectivity index (χ1) is 10.8. The Morgan fingerprint density at radius 2 is 2.18 bits per heavy atom. The van der Waals surface area contributed by atoms with E-state index < -0.39 is 0 Å². The number of nitrogens with one attached hydrogen (secondary N) is 1. The lowest BCUT2D eigenvalue weighted by Crippen LogP contribution is -2.19. The van der Waals surface area contributed by atoms with Gasteiger partial charge in [0.1, 0.15) is 12.4 Å². The van der Waals surface area contributed by atoms with E-state index >= 15 is 0 Å². The highest BCUT2D eigenvalue weighted by Crippen LogP contribution is 2.23. The summed E-state index contributed by atoms with van der Waals surface area (Å²) in [5, 5.41) is 4.03. The maximum absolute atomic E-state index is 6.08. The minimum absolute atomic E-state index is 0.488. The lowest BCUT2D eigenvalue weighted by atomic mass is 10.2. The van der Waals surface area contributed by atoms with Gasteiger partial charge >= 0.3 is 0 Å². The Morgan fingerprint density at radius 1 is 1.27 bits per heavy atom. The second-order valence-corrected chi connectivity index (χ2v) is 5.21. The average molecular weight is 321 g/mol. The third kappa shape index (κ3) is 5.64. The number of hydrogen-bond donors (Lipinski definition) is 1. The Hall–Kier alpha value is -1.62. The molecule has 0 saturated heterocycles. The van der Waals surface area contributed by atoms with Gasteiger partial charge in [-0.05, 0) is 31.2 Å². The minimum Gasteiger partial charge on any atom is -0.489 e. The molecule has 0 atom stereocenters. The van der Waals surface area contributed by atoms with Gasteiger partial charge in [0.25, 0.3) is 0 Å². The van der Waals surface area contributed by atoms with Crippen LogP contribution in [0.4, 0.5) is 0 Å². The fourth-order valence-electron chi connectivity index (χ4n) is 1.98. The highest BCUT2D eigenvalue weighted by molar-refractivity contribution is 6.30. The number of benzene rings is 1. The summed E-state index contributed by atoms with van der Waals surface area (Å²) in [7, 11) is 0. The molecule has 0 aliphatic heterocycles. The van der Waals surface area contributed by atoms with Crippen molar-refractivity contribution in [3.8, 4) is 5.75 Å². The van der Waals surface area contributed by atoms with Crippen LogP contribution in [0.15, 0.2) is 42.7 Å². The molecular formula is C17H21ClN2O2. The van der Waals surface area contributed by atoms with Crippen LogP contribution in [0.1, 0.15) is 18.1 Å². The molecule has 1 aromatic carbocycles. The zero-order valence-electron chi connectivity index (χ0n) is 12.7. The van der Waals surface area contributed by atoms with Crippen LogP contribution >= 0.6 is 11.6 Å². The van der Waals surface area contributed by atoms with Crippen LogP contribution in [0, 0.1) is 0 Å². The van der Waals surface area contributed by atoms with E-state index in [1.54, 1.807) is 12.4 Å². The first-order valence-electron chi connectivity index (χ1n) is 7.38. The van der Waals surface area contributed by atoms with Crippen molar-refractivity contribution in [2.75, 3.05) is 19.8 Å². The number of hydrogen-bond acceptors (Lipinski definition) is 4. The molecule has 5 heteroatoms. The SMILES string of the molecule is CCOCCNCc1cc(Cl)ccc1OCc1cccnc1. The van der Waals surface area contributed by atoms with Crippen molar-refractivity contribution in [2.45, 2.75) is 20.1 Å². The van der Waals surface area contributed by atoms with Crippen LogP contribution in [0.3, 0.4) is 0 Å². The second-order valence-electron chi connectivity index (χ2n) is 4.78. The first kappa shape index (κ1) is 16.7. The van der Waals surface area contributed by atoms with Crippen molar-refractivity contribution < 1.29 is 9.47 Å². The zero-order valence-corrected chi connectivity index (χ0v) is 13.5. The largest absolute Gasteiger partial charge is 0.489 e. The number of rotatable bonds is 9. The van der Waals surface area contributed by atoms with Gasteiger partial charge in [0, 0.05) is 48.2 Å². The number of ether oxygens (including phenoxy) is 2. The molecule has 22 heavy (non-hydrogen) atoms. The van der Waals surface area contributed by atoms with Crippen LogP contribution in [-0.2, 0) is 17.9 Å². The number of halogens is 1. The van der Waals surface area contributed by atoms with Crippen LogP contribution in [0.2, 0.25) is 5.02 Å². The van der Waals surface area contributed by atoms with Gasteiger partial charge < -0.3 is 14.8 Å². The fourth-order valence-corrected chi connectivity index (χ4v) is 2.18. The number of aromatic nitrogens is 1. The van der Waals surface area contributed by atoms with E-state index in [2.05, 4.69) is 10.3 Å². The van der Waals surface area contributed by atoms with Gasteiger partial charge in [-0.3, -0.25) is 4.98 Å². The van der Waals surface area contributed by atoms with Gasteiger partial charge in [0.05, 0.1) is 6.61 Å². The summed E-state index contributed by atoms with van der Waals surface area (Å²) in [4.78, 5) is 4.08. The number of pyridine rings is 1. The van der Waals surface area contributed by atoms with Gasteiger partial charge in [-0.2, -0.15) is 0 Å². The molecule has 1 N–H and O–H groups in total. The van der Waals surface area contributed by atoms with E-state index in [0.29, 0.717) is 24.8 Å². The summed E-state index contributed by atoms with van der Waals surface area (Å²) in [6, 6.07) is 9.55. The topological polar surface area (TPSA) is 43.4 Å². The van der Waals surface area contributed by atoms with Gasteiger partial charge in [-0.15, -0.1) is 0 Å². The van der Waals surface area contributed by atoms with Gasteiger partial charge in [-0.25, -0.2) is 0 Å². The number of nitrogens with zero attached hydrogens (tertiary/aromatic N) is 1. The predicted octanol–water partition coefficient (Wildman–Crippen LogP) is 3.44. The standard InChI is InChI=1S/C17H21ClN2O2/c1-2-21-9-8-20-12-15-10-16(18)5-6-17(15)22-13-14-4-3-7-19-11-14/h3-7,10-11,20H,2,8-9,12-13H2,1H3. The van der Waals surface area contributed by atoms with Crippen LogP contribution in [0.25, 0.3) is 0 Å². The molecule has 0 aliphatic carbocycles. The molecule has 118 valence electrons. The van der Waals surface area contributed by atoms with Gasteiger partial charge in [-0.1, -0.05) is 17.7 Å². The van der Waals surface area contributed by atoms with Crippen molar-refractivity contribution in [2.24, 2.45) is 0 Å². The fraction of sp³-hybridized carbons (Fsp3) is 0.353. The van der Waals surface area contributed by atoms with Crippen LogP contribution in [0.5, 0.6) is 5.75 Å². The predicted molar refractivity (Wildman–Crippen MR) is 88.2 cm³/mol. The summed E-state index contributed by atoms with van der Waals surface area (Å²) in [6.45, 7) is 5.39. The van der Waals surface area contributed by atoms with Crippen molar-refractivity contribution >= 4 is 11.6 Å². The Balaban J connectivity index is 1.92. The minimum atomic E-state index is 0.488. The normalized spacial score (nSPS) is 10.6. The molecule has 2 rings (SSSR count). The molecule has 0 aliphatic rings. The first-order valence-corrected chi connectivity index (χ1v) is 7.76. The quantitative estimate of drug-likeness (QED) is 0.719. The second kappa shape index (κ2) is 9.41. The molecule has 0 unspecified atom stereocenters. The van der Waals surface area contributed by atoms with Crippen molar-refractivity contribution in [1.82, 2.24) is 10.3 Å². The Labute approximate surface area is 136 Å². The molecule has 0 radical (unpaired) electrons. The van der Waals surface area contributed by atoms with Crippen LogP contribution in [-0.4, -0.2) is 24.7 Å². The highest BCUT2D eigenvalue weighted by Gasteiger charge is 2.05. The van der Waals surface area contributed by atoms with E-state index in [1.807, 2.05) is 37.3 Å². The van der Waals surface area contributed by atoms with E-state index in [0.717, 1.165) is 30.0 Å². The summed E-state index contributed by atoms with van der Waals surface area (Å²) in [5.41, 5.74) is 2.07. The third-order valence-electron chi connectivity index (χ3n) is 3.08. The Bertz CT molecular complexity index is 564.